The number of aliphatic hydroxyl groups is 1. The van der Waals surface area contributed by atoms with Crippen molar-refractivity contribution in [1.29, 1.82) is 0 Å². The van der Waals surface area contributed by atoms with Gasteiger partial charge in [0.2, 0.25) is 0 Å². The molecule has 0 radical (unpaired) electrons. The fourth-order valence-corrected chi connectivity index (χ4v) is 4.14. The molecule has 1 nitrogen and oxygen atoms in total. The van der Waals surface area contributed by atoms with E-state index in [0.29, 0.717) is 10.3 Å². The molecule has 1 aromatic rings. The van der Waals surface area contributed by atoms with Crippen molar-refractivity contribution >= 4 is 23.4 Å². The van der Waals surface area contributed by atoms with E-state index in [-0.39, 0.29) is 6.61 Å². The molecule has 3 heteroatoms. The third-order valence-corrected chi connectivity index (χ3v) is 5.02. The highest BCUT2D eigenvalue weighted by molar-refractivity contribution is 8.00. The summed E-state index contributed by atoms with van der Waals surface area (Å²) in [5, 5.41) is 10.8. The van der Waals surface area contributed by atoms with Crippen LogP contribution in [0.4, 0.5) is 0 Å². The highest BCUT2D eigenvalue weighted by Crippen LogP contribution is 2.37. The molecular formula is C14H19ClOS. The average molecular weight is 271 g/mol. The van der Waals surface area contributed by atoms with Crippen LogP contribution in [0, 0.1) is 5.92 Å². The molecule has 2 unspecified atom stereocenters. The van der Waals surface area contributed by atoms with Crippen LogP contribution in [0.5, 0.6) is 0 Å². The van der Waals surface area contributed by atoms with Crippen molar-refractivity contribution in [3.05, 3.63) is 28.8 Å². The van der Waals surface area contributed by atoms with E-state index < -0.39 is 0 Å². The van der Waals surface area contributed by atoms with Gasteiger partial charge in [-0.3, -0.25) is 0 Å². The smallest absolute Gasteiger partial charge is 0.0693 e. The Kier molecular flexibility index (Phi) is 4.78. The van der Waals surface area contributed by atoms with Gasteiger partial charge in [-0.1, -0.05) is 31.4 Å². The summed E-state index contributed by atoms with van der Waals surface area (Å²) in [5.74, 6) is 0.839. The molecule has 1 aliphatic rings. The summed E-state index contributed by atoms with van der Waals surface area (Å²) in [4.78, 5) is 1.19. The van der Waals surface area contributed by atoms with Crippen molar-refractivity contribution in [1.82, 2.24) is 0 Å². The number of hydrogen-bond donors (Lipinski definition) is 1. The summed E-state index contributed by atoms with van der Waals surface area (Å²) in [6.45, 7) is 2.41. The lowest BCUT2D eigenvalue weighted by Crippen LogP contribution is -2.15. The van der Waals surface area contributed by atoms with E-state index in [4.69, 9.17) is 11.6 Å². The molecule has 0 heterocycles. The number of halogens is 1. The van der Waals surface area contributed by atoms with Crippen molar-refractivity contribution < 1.29 is 5.11 Å². The van der Waals surface area contributed by atoms with E-state index in [1.807, 2.05) is 30.0 Å². The zero-order valence-corrected chi connectivity index (χ0v) is 11.7. The molecular weight excluding hydrogens is 252 g/mol. The Morgan fingerprint density at radius 2 is 2.24 bits per heavy atom. The largest absolute Gasteiger partial charge is 0.392 e. The molecule has 17 heavy (non-hydrogen) atoms. The minimum absolute atomic E-state index is 0.0746. The second kappa shape index (κ2) is 6.12. The third kappa shape index (κ3) is 3.64. The number of aliphatic hydroxyl groups excluding tert-OH is 1. The lowest BCUT2D eigenvalue weighted by molar-refractivity contribution is 0.279. The monoisotopic (exact) mass is 270 g/mol. The summed E-state index contributed by atoms with van der Waals surface area (Å²) in [5.41, 5.74) is 0.959. The molecule has 0 aromatic heterocycles. The standard InChI is InChI=1S/C14H19ClOS/c1-10-3-2-4-13(7-10)17-14-6-5-12(15)8-11(14)9-16/h5-6,8,10,13,16H,2-4,7,9H2,1H3. The molecule has 2 atom stereocenters. The normalized spacial score (nSPS) is 24.9. The maximum atomic E-state index is 9.35. The van der Waals surface area contributed by atoms with Gasteiger partial charge in [-0.05, 0) is 42.5 Å². The highest BCUT2D eigenvalue weighted by Gasteiger charge is 2.20. The van der Waals surface area contributed by atoms with Crippen molar-refractivity contribution in [3.63, 3.8) is 0 Å². The fourth-order valence-electron chi connectivity index (χ4n) is 2.45. The minimum atomic E-state index is 0.0746. The van der Waals surface area contributed by atoms with Gasteiger partial charge in [0, 0.05) is 15.2 Å². The van der Waals surface area contributed by atoms with Crippen LogP contribution in [0.15, 0.2) is 23.1 Å². The zero-order valence-electron chi connectivity index (χ0n) is 10.2. The molecule has 1 aliphatic carbocycles. The van der Waals surface area contributed by atoms with Crippen molar-refractivity contribution in [2.75, 3.05) is 0 Å². The van der Waals surface area contributed by atoms with Gasteiger partial charge in [-0.15, -0.1) is 11.8 Å². The van der Waals surface area contributed by atoms with E-state index in [9.17, 15) is 5.11 Å². The van der Waals surface area contributed by atoms with Crippen LogP contribution >= 0.6 is 23.4 Å². The second-order valence-electron chi connectivity index (χ2n) is 4.92. The molecule has 0 bridgehead atoms. The van der Waals surface area contributed by atoms with Crippen molar-refractivity contribution in [3.8, 4) is 0 Å². The van der Waals surface area contributed by atoms with Gasteiger partial charge in [0.25, 0.3) is 0 Å². The van der Waals surface area contributed by atoms with E-state index in [1.165, 1.54) is 30.6 Å². The quantitative estimate of drug-likeness (QED) is 0.872. The lowest BCUT2D eigenvalue weighted by Gasteiger charge is -2.26. The first-order valence-electron chi connectivity index (χ1n) is 6.25. The minimum Gasteiger partial charge on any atom is -0.392 e. The predicted molar refractivity (Wildman–Crippen MR) is 74.7 cm³/mol. The number of benzene rings is 1. The second-order valence-corrected chi connectivity index (χ2v) is 6.70. The van der Waals surface area contributed by atoms with Crippen LogP contribution in [0.25, 0.3) is 0 Å². The molecule has 2 rings (SSSR count). The van der Waals surface area contributed by atoms with Crippen LogP contribution in [0.3, 0.4) is 0 Å². The van der Waals surface area contributed by atoms with E-state index >= 15 is 0 Å². The Morgan fingerprint density at radius 1 is 1.41 bits per heavy atom. The highest BCUT2D eigenvalue weighted by atomic mass is 35.5. The lowest BCUT2D eigenvalue weighted by atomic mass is 9.91. The number of thioether (sulfide) groups is 1. The summed E-state index contributed by atoms with van der Waals surface area (Å²) in [7, 11) is 0. The van der Waals surface area contributed by atoms with Crippen LogP contribution < -0.4 is 0 Å². The molecule has 0 saturated heterocycles. The molecule has 0 amide bonds. The number of rotatable bonds is 3. The van der Waals surface area contributed by atoms with Gasteiger partial charge in [-0.25, -0.2) is 0 Å². The van der Waals surface area contributed by atoms with E-state index in [1.54, 1.807) is 0 Å². The maximum Gasteiger partial charge on any atom is 0.0693 e. The fraction of sp³-hybridized carbons (Fsp3) is 0.571. The summed E-state index contributed by atoms with van der Waals surface area (Å²) in [6, 6.07) is 5.82. The topological polar surface area (TPSA) is 20.2 Å². The van der Waals surface area contributed by atoms with E-state index in [2.05, 4.69) is 6.92 Å². The summed E-state index contributed by atoms with van der Waals surface area (Å²) >= 11 is 7.85. The summed E-state index contributed by atoms with van der Waals surface area (Å²) in [6.07, 6.45) is 5.28. The van der Waals surface area contributed by atoms with Gasteiger partial charge in [-0.2, -0.15) is 0 Å². The first-order chi connectivity index (χ1) is 8.19. The molecule has 0 aliphatic heterocycles. The number of hydrogen-bond acceptors (Lipinski definition) is 2. The Hall–Kier alpha value is -0.180. The van der Waals surface area contributed by atoms with Gasteiger partial charge in [0.15, 0.2) is 0 Å². The summed E-state index contributed by atoms with van der Waals surface area (Å²) < 4.78 is 0. The molecule has 1 N–H and O–H groups in total. The van der Waals surface area contributed by atoms with E-state index in [0.717, 1.165) is 11.5 Å². The third-order valence-electron chi connectivity index (χ3n) is 3.37. The van der Waals surface area contributed by atoms with Crippen LogP contribution in [0.1, 0.15) is 38.2 Å². The molecule has 1 saturated carbocycles. The molecule has 0 spiro atoms. The maximum absolute atomic E-state index is 9.35. The van der Waals surface area contributed by atoms with Crippen LogP contribution in [-0.4, -0.2) is 10.4 Å². The first kappa shape index (κ1) is 13.3. The van der Waals surface area contributed by atoms with Gasteiger partial charge in [0.05, 0.1) is 6.61 Å². The van der Waals surface area contributed by atoms with Gasteiger partial charge < -0.3 is 5.11 Å². The molecule has 1 fully saturated rings. The zero-order chi connectivity index (χ0) is 12.3. The SMILES string of the molecule is CC1CCCC(Sc2ccc(Cl)cc2CO)C1. The Balaban J connectivity index is 2.07. The Labute approximate surface area is 113 Å². The van der Waals surface area contributed by atoms with Gasteiger partial charge in [0.1, 0.15) is 0 Å². The van der Waals surface area contributed by atoms with Gasteiger partial charge >= 0.3 is 0 Å². The molecule has 1 aromatic carbocycles. The Morgan fingerprint density at radius 3 is 2.94 bits per heavy atom. The average Bonchev–Trinajstić information content (AvgIpc) is 2.31. The predicted octanol–water partition coefficient (Wildman–Crippen LogP) is 4.50. The van der Waals surface area contributed by atoms with Crippen molar-refractivity contribution in [2.45, 2.75) is 49.4 Å². The Bertz CT molecular complexity index is 380. The van der Waals surface area contributed by atoms with Crippen molar-refractivity contribution in [2.24, 2.45) is 5.92 Å². The molecule has 94 valence electrons. The first-order valence-corrected chi connectivity index (χ1v) is 7.50. The van der Waals surface area contributed by atoms with Crippen LogP contribution in [0.2, 0.25) is 5.02 Å². The van der Waals surface area contributed by atoms with Crippen LogP contribution in [-0.2, 0) is 6.61 Å².